The van der Waals surface area contributed by atoms with Crippen molar-refractivity contribution in [3.05, 3.63) is 23.8 Å². The molecule has 22 heavy (non-hydrogen) atoms. The lowest BCUT2D eigenvalue weighted by Crippen LogP contribution is -2.43. The Hall–Kier alpha value is -1.37. The monoisotopic (exact) mass is 300 g/mol. The summed E-state index contributed by atoms with van der Waals surface area (Å²) in [5.74, 6) is 0.126. The van der Waals surface area contributed by atoms with E-state index in [-0.39, 0.29) is 11.3 Å². The molecule has 2 bridgehead atoms. The molecule has 0 spiro atoms. The quantitative estimate of drug-likeness (QED) is 0.775. The molecule has 0 aromatic heterocycles. The Morgan fingerprint density at radius 3 is 3.18 bits per heavy atom. The molecule has 0 radical (unpaired) electrons. The van der Waals surface area contributed by atoms with E-state index in [4.69, 9.17) is 4.65 Å². The zero-order valence-electron chi connectivity index (χ0n) is 12.7. The molecular formula is C16H21BN2O3. The summed E-state index contributed by atoms with van der Waals surface area (Å²) in [7, 11) is -0.879. The molecule has 2 unspecified atom stereocenters. The number of rotatable bonds is 2. The summed E-state index contributed by atoms with van der Waals surface area (Å²) in [4.78, 5) is 15.1. The highest BCUT2D eigenvalue weighted by molar-refractivity contribution is 6.61. The van der Waals surface area contributed by atoms with Gasteiger partial charge in [0.15, 0.2) is 0 Å². The first-order valence-corrected chi connectivity index (χ1v) is 8.13. The van der Waals surface area contributed by atoms with Gasteiger partial charge in [-0.15, -0.1) is 0 Å². The molecule has 0 aliphatic carbocycles. The molecular weight excluding hydrogens is 279 g/mol. The highest BCUT2D eigenvalue weighted by Crippen LogP contribution is 2.40. The molecule has 2 atom stereocenters. The van der Waals surface area contributed by atoms with Crippen LogP contribution in [0.3, 0.4) is 0 Å². The molecule has 1 aromatic carbocycles. The van der Waals surface area contributed by atoms with E-state index in [0.29, 0.717) is 6.61 Å². The minimum absolute atomic E-state index is 0.126. The van der Waals surface area contributed by atoms with Crippen molar-refractivity contribution in [3.8, 4) is 0 Å². The predicted octanol–water partition coefficient (Wildman–Crippen LogP) is 0.371. The summed E-state index contributed by atoms with van der Waals surface area (Å²) in [6, 6.07) is 5.76. The summed E-state index contributed by atoms with van der Waals surface area (Å²) in [5, 5.41) is 13.0. The number of hydrogen-bond acceptors (Lipinski definition) is 4. The summed E-state index contributed by atoms with van der Waals surface area (Å²) in [6.45, 7) is 3.58. The largest absolute Gasteiger partial charge is 0.491 e. The molecule has 4 rings (SSSR count). The first kappa shape index (κ1) is 14.2. The number of benzene rings is 1. The zero-order chi connectivity index (χ0) is 15.2. The third-order valence-corrected chi connectivity index (χ3v) is 5.36. The smallest absolute Gasteiger partial charge is 0.423 e. The van der Waals surface area contributed by atoms with Crippen LogP contribution in [0.25, 0.3) is 0 Å². The average Bonchev–Trinajstić information content (AvgIpc) is 2.84. The van der Waals surface area contributed by atoms with Crippen LogP contribution in [0.5, 0.6) is 0 Å². The summed E-state index contributed by atoms with van der Waals surface area (Å²) in [6.07, 6.45) is 3.84. The number of nitrogens with one attached hydrogen (secondary N) is 1. The highest BCUT2D eigenvalue weighted by Gasteiger charge is 2.46. The number of anilines is 1. The molecule has 6 heteroatoms. The molecule has 0 saturated carbocycles. The lowest BCUT2D eigenvalue weighted by Gasteiger charge is -2.32. The fourth-order valence-corrected chi connectivity index (χ4v) is 4.06. The van der Waals surface area contributed by atoms with E-state index in [1.807, 2.05) is 18.2 Å². The summed E-state index contributed by atoms with van der Waals surface area (Å²) >= 11 is 0. The van der Waals surface area contributed by atoms with E-state index in [1.165, 1.54) is 0 Å². The Morgan fingerprint density at radius 1 is 1.36 bits per heavy atom. The molecule has 2 fully saturated rings. The van der Waals surface area contributed by atoms with E-state index in [9.17, 15) is 9.82 Å². The van der Waals surface area contributed by atoms with Gasteiger partial charge in [-0.1, -0.05) is 6.07 Å². The summed E-state index contributed by atoms with van der Waals surface area (Å²) < 4.78 is 5.26. The zero-order valence-corrected chi connectivity index (χ0v) is 12.7. The Labute approximate surface area is 130 Å². The van der Waals surface area contributed by atoms with Gasteiger partial charge < -0.3 is 19.9 Å². The van der Waals surface area contributed by atoms with Crippen LogP contribution in [0.1, 0.15) is 24.8 Å². The van der Waals surface area contributed by atoms with E-state index in [2.05, 4.69) is 10.2 Å². The van der Waals surface area contributed by atoms with E-state index in [0.717, 1.165) is 62.0 Å². The molecule has 3 aliphatic rings. The van der Waals surface area contributed by atoms with Crippen molar-refractivity contribution >= 4 is 24.2 Å². The minimum atomic E-state index is -0.879. The van der Waals surface area contributed by atoms with Crippen LogP contribution in [0, 0.1) is 5.41 Å². The fourth-order valence-electron chi connectivity index (χ4n) is 4.06. The lowest BCUT2D eigenvalue weighted by atomic mass is 9.73. The van der Waals surface area contributed by atoms with Gasteiger partial charge >= 0.3 is 7.12 Å². The van der Waals surface area contributed by atoms with Crippen LogP contribution in [-0.2, 0) is 15.9 Å². The number of fused-ring (bicyclic) bond motifs is 3. The van der Waals surface area contributed by atoms with Crippen LogP contribution in [-0.4, -0.2) is 49.2 Å². The second-order valence-electron chi connectivity index (χ2n) is 6.75. The topological polar surface area (TPSA) is 61.8 Å². The predicted molar refractivity (Wildman–Crippen MR) is 85.1 cm³/mol. The standard InChI is InChI=1S/C16H21BN2O3/c20-15(16-5-1-7-19(11-16)8-6-16)18-13-3-2-12-4-9-22-17(21)14(12)10-13/h2-3,10,21H,1,4-9,11H2,(H,18,20). The first-order valence-electron chi connectivity index (χ1n) is 8.13. The third-order valence-electron chi connectivity index (χ3n) is 5.36. The Morgan fingerprint density at radius 2 is 2.27 bits per heavy atom. The number of carbonyl (C=O) groups is 1. The molecule has 2 saturated heterocycles. The van der Waals surface area contributed by atoms with Crippen molar-refractivity contribution in [3.63, 3.8) is 0 Å². The second-order valence-corrected chi connectivity index (χ2v) is 6.75. The van der Waals surface area contributed by atoms with Crippen LogP contribution in [0.4, 0.5) is 5.69 Å². The number of amides is 1. The molecule has 1 aromatic rings. The molecule has 3 aliphatic heterocycles. The normalized spacial score (nSPS) is 30.0. The first-order chi connectivity index (χ1) is 10.7. The molecule has 3 heterocycles. The second kappa shape index (κ2) is 5.37. The van der Waals surface area contributed by atoms with Gasteiger partial charge in [0.05, 0.1) is 5.41 Å². The van der Waals surface area contributed by atoms with Gasteiger partial charge in [-0.2, -0.15) is 0 Å². The lowest BCUT2D eigenvalue weighted by molar-refractivity contribution is -0.126. The van der Waals surface area contributed by atoms with Gasteiger partial charge in [0.2, 0.25) is 5.91 Å². The minimum Gasteiger partial charge on any atom is -0.423 e. The van der Waals surface area contributed by atoms with Crippen LogP contribution >= 0.6 is 0 Å². The van der Waals surface area contributed by atoms with Crippen molar-refractivity contribution in [1.29, 1.82) is 0 Å². The van der Waals surface area contributed by atoms with Crippen molar-refractivity contribution < 1.29 is 14.5 Å². The Bertz CT molecular complexity index is 605. The number of carbonyl (C=O) groups excluding carboxylic acids is 1. The maximum Gasteiger partial charge on any atom is 0.491 e. The maximum absolute atomic E-state index is 12.8. The van der Waals surface area contributed by atoms with E-state index >= 15 is 0 Å². The molecule has 1 amide bonds. The fraction of sp³-hybridized carbons (Fsp3) is 0.562. The van der Waals surface area contributed by atoms with Crippen LogP contribution < -0.4 is 10.8 Å². The van der Waals surface area contributed by atoms with E-state index < -0.39 is 7.12 Å². The Balaban J connectivity index is 1.54. The Kier molecular flexibility index (Phi) is 3.48. The number of hydrogen-bond donors (Lipinski definition) is 2. The number of piperidine rings is 1. The molecule has 116 valence electrons. The van der Waals surface area contributed by atoms with Crippen LogP contribution in [0.15, 0.2) is 18.2 Å². The van der Waals surface area contributed by atoms with Crippen molar-refractivity contribution in [2.75, 3.05) is 31.6 Å². The van der Waals surface area contributed by atoms with E-state index in [1.54, 1.807) is 0 Å². The van der Waals surface area contributed by atoms with Gasteiger partial charge in [-0.25, -0.2) is 0 Å². The van der Waals surface area contributed by atoms with Gasteiger partial charge in [0, 0.05) is 18.8 Å². The molecule has 2 N–H and O–H groups in total. The maximum atomic E-state index is 12.8. The van der Waals surface area contributed by atoms with Gasteiger partial charge in [0.1, 0.15) is 0 Å². The SMILES string of the molecule is O=C(Nc1ccc2c(c1)B(O)OCC2)C12CCCN(CC1)C2. The number of nitrogens with zero attached hydrogens (tertiary/aromatic N) is 1. The van der Waals surface area contributed by atoms with Gasteiger partial charge in [-0.05, 0) is 61.9 Å². The third kappa shape index (κ3) is 2.35. The highest BCUT2D eigenvalue weighted by atomic mass is 16.5. The van der Waals surface area contributed by atoms with Crippen LogP contribution in [0.2, 0.25) is 0 Å². The van der Waals surface area contributed by atoms with Gasteiger partial charge in [0.25, 0.3) is 0 Å². The van der Waals surface area contributed by atoms with Crippen molar-refractivity contribution in [2.24, 2.45) is 5.41 Å². The van der Waals surface area contributed by atoms with Crippen molar-refractivity contribution in [1.82, 2.24) is 4.90 Å². The molecule has 5 nitrogen and oxygen atoms in total. The van der Waals surface area contributed by atoms with Gasteiger partial charge in [-0.3, -0.25) is 4.79 Å². The average molecular weight is 300 g/mol. The summed E-state index contributed by atoms with van der Waals surface area (Å²) in [5.41, 5.74) is 2.41. The van der Waals surface area contributed by atoms with Crippen molar-refractivity contribution in [2.45, 2.75) is 25.7 Å².